The van der Waals surface area contributed by atoms with Gasteiger partial charge >= 0.3 is 0 Å². The van der Waals surface area contributed by atoms with Gasteiger partial charge in [-0.3, -0.25) is 19.7 Å². The van der Waals surface area contributed by atoms with E-state index < -0.39 is 11.0 Å². The molecule has 140 valence electrons. The molecule has 7 nitrogen and oxygen atoms in total. The first-order valence-corrected chi connectivity index (χ1v) is 9.63. The molecule has 1 aliphatic rings. The number of benzene rings is 1. The minimum atomic E-state index is -0.505. The van der Waals surface area contributed by atoms with Gasteiger partial charge in [0, 0.05) is 24.4 Å². The van der Waals surface area contributed by atoms with Crippen LogP contribution in [0.15, 0.2) is 30.3 Å². The van der Waals surface area contributed by atoms with E-state index in [0.717, 1.165) is 6.42 Å². The van der Waals surface area contributed by atoms with E-state index in [9.17, 15) is 19.7 Å². The molecular weight excluding hydrogens is 354 g/mol. The van der Waals surface area contributed by atoms with E-state index in [1.165, 1.54) is 34.9 Å². The molecule has 26 heavy (non-hydrogen) atoms. The van der Waals surface area contributed by atoms with Crippen molar-refractivity contribution in [2.75, 3.05) is 18.2 Å². The van der Waals surface area contributed by atoms with Crippen LogP contribution in [-0.4, -0.2) is 45.9 Å². The second-order valence-electron chi connectivity index (χ2n) is 6.45. The Morgan fingerprint density at radius 3 is 2.85 bits per heavy atom. The van der Waals surface area contributed by atoms with Crippen molar-refractivity contribution in [1.82, 2.24) is 10.2 Å². The number of rotatable bonds is 7. The van der Waals surface area contributed by atoms with Gasteiger partial charge in [-0.25, -0.2) is 0 Å². The van der Waals surface area contributed by atoms with Crippen LogP contribution in [0.25, 0.3) is 6.08 Å². The van der Waals surface area contributed by atoms with Crippen LogP contribution < -0.4 is 5.32 Å². The van der Waals surface area contributed by atoms with Crippen molar-refractivity contribution in [3.63, 3.8) is 0 Å². The summed E-state index contributed by atoms with van der Waals surface area (Å²) in [6, 6.07) is 5.72. The van der Waals surface area contributed by atoms with Crippen molar-refractivity contribution in [2.24, 2.45) is 5.92 Å². The quantitative estimate of drug-likeness (QED) is 0.448. The van der Waals surface area contributed by atoms with Gasteiger partial charge in [0.2, 0.25) is 11.8 Å². The highest BCUT2D eigenvalue weighted by atomic mass is 32.2. The number of hydrogen-bond donors (Lipinski definition) is 1. The largest absolute Gasteiger partial charge is 0.354 e. The van der Waals surface area contributed by atoms with Crippen LogP contribution in [0.3, 0.4) is 0 Å². The monoisotopic (exact) mass is 377 g/mol. The number of carbonyl (C=O) groups excluding carboxylic acids is 2. The molecule has 1 aliphatic heterocycles. The molecule has 0 aromatic heterocycles. The number of nitro groups is 1. The number of carbonyl (C=O) groups is 2. The molecule has 2 amide bonds. The Morgan fingerprint density at radius 1 is 1.42 bits per heavy atom. The van der Waals surface area contributed by atoms with Gasteiger partial charge < -0.3 is 10.2 Å². The van der Waals surface area contributed by atoms with Crippen LogP contribution in [0.2, 0.25) is 0 Å². The maximum Gasteiger partial charge on any atom is 0.276 e. The highest BCUT2D eigenvalue weighted by Gasteiger charge is 2.33. The summed E-state index contributed by atoms with van der Waals surface area (Å²) in [6.45, 7) is 4.76. The van der Waals surface area contributed by atoms with Crippen molar-refractivity contribution in [2.45, 2.75) is 26.3 Å². The van der Waals surface area contributed by atoms with E-state index in [2.05, 4.69) is 19.2 Å². The third-order valence-corrected chi connectivity index (χ3v) is 5.04. The Morgan fingerprint density at radius 2 is 2.15 bits per heavy atom. The van der Waals surface area contributed by atoms with Gasteiger partial charge in [-0.05, 0) is 24.5 Å². The lowest BCUT2D eigenvalue weighted by molar-refractivity contribution is -0.385. The van der Waals surface area contributed by atoms with Gasteiger partial charge in [-0.1, -0.05) is 26.0 Å². The molecular formula is C18H23N3O4S. The van der Waals surface area contributed by atoms with Crippen LogP contribution in [0.5, 0.6) is 0 Å². The molecule has 1 N–H and O–H groups in total. The number of thioether (sulfide) groups is 1. The van der Waals surface area contributed by atoms with Crippen LogP contribution in [0.1, 0.15) is 25.8 Å². The molecule has 0 spiro atoms. The summed E-state index contributed by atoms with van der Waals surface area (Å²) >= 11 is 1.52. The Kier molecular flexibility index (Phi) is 7.20. The Bertz CT molecular complexity index is 705. The lowest BCUT2D eigenvalue weighted by Crippen LogP contribution is -2.47. The molecule has 1 fully saturated rings. The normalized spacial score (nSPS) is 17.0. The Balaban J connectivity index is 2.02. The summed E-state index contributed by atoms with van der Waals surface area (Å²) in [7, 11) is 0. The van der Waals surface area contributed by atoms with Crippen molar-refractivity contribution in [1.29, 1.82) is 0 Å². The minimum absolute atomic E-state index is 0.0599. The first kappa shape index (κ1) is 20.0. The Labute approximate surface area is 157 Å². The molecule has 1 heterocycles. The molecule has 0 aliphatic carbocycles. The van der Waals surface area contributed by atoms with Crippen LogP contribution >= 0.6 is 11.8 Å². The van der Waals surface area contributed by atoms with E-state index in [4.69, 9.17) is 0 Å². The fourth-order valence-electron chi connectivity index (χ4n) is 2.53. The lowest BCUT2D eigenvalue weighted by Gasteiger charge is -2.22. The number of nitro benzene ring substituents is 1. The van der Waals surface area contributed by atoms with Gasteiger partial charge in [-0.15, -0.1) is 11.8 Å². The third kappa shape index (κ3) is 5.32. The summed E-state index contributed by atoms with van der Waals surface area (Å²) in [5.41, 5.74) is 0.297. The summed E-state index contributed by atoms with van der Waals surface area (Å²) in [5, 5.41) is 13.9. The smallest absolute Gasteiger partial charge is 0.276 e. The highest BCUT2D eigenvalue weighted by Crippen LogP contribution is 2.23. The molecule has 1 atom stereocenters. The molecule has 0 unspecified atom stereocenters. The van der Waals surface area contributed by atoms with Crippen LogP contribution in [-0.2, 0) is 9.59 Å². The van der Waals surface area contributed by atoms with Crippen molar-refractivity contribution in [3.8, 4) is 0 Å². The molecule has 1 aromatic rings. The average molecular weight is 377 g/mol. The fourth-order valence-corrected chi connectivity index (χ4v) is 3.69. The fraction of sp³-hybridized carbons (Fsp3) is 0.444. The summed E-state index contributed by atoms with van der Waals surface area (Å²) in [5.74, 6) is 1.01. The first-order chi connectivity index (χ1) is 12.4. The summed E-state index contributed by atoms with van der Waals surface area (Å²) < 4.78 is 0. The molecule has 0 radical (unpaired) electrons. The first-order valence-electron chi connectivity index (χ1n) is 8.47. The Hall–Kier alpha value is -2.35. The van der Waals surface area contributed by atoms with E-state index in [1.807, 2.05) is 0 Å². The van der Waals surface area contributed by atoms with Gasteiger partial charge in [0.15, 0.2) is 0 Å². The number of hydrogen-bond acceptors (Lipinski definition) is 5. The number of nitrogens with zero attached hydrogens (tertiary/aromatic N) is 2. The predicted molar refractivity (Wildman–Crippen MR) is 103 cm³/mol. The molecule has 0 saturated carbocycles. The van der Waals surface area contributed by atoms with E-state index >= 15 is 0 Å². The minimum Gasteiger partial charge on any atom is -0.354 e. The second kappa shape index (κ2) is 9.38. The van der Waals surface area contributed by atoms with Crippen molar-refractivity contribution >= 4 is 35.3 Å². The van der Waals surface area contributed by atoms with E-state index in [0.29, 0.717) is 29.7 Å². The molecule has 2 rings (SSSR count). The topological polar surface area (TPSA) is 92.6 Å². The van der Waals surface area contributed by atoms with Gasteiger partial charge in [0.1, 0.15) is 6.04 Å². The van der Waals surface area contributed by atoms with Gasteiger partial charge in [0.05, 0.1) is 16.4 Å². The summed E-state index contributed by atoms with van der Waals surface area (Å²) in [6.07, 6.45) is 3.61. The maximum atomic E-state index is 12.5. The van der Waals surface area contributed by atoms with Crippen LogP contribution in [0, 0.1) is 16.0 Å². The van der Waals surface area contributed by atoms with Crippen LogP contribution in [0.4, 0.5) is 5.69 Å². The third-order valence-electron chi connectivity index (χ3n) is 4.03. The number of nitrogens with one attached hydrogen (secondary N) is 1. The SMILES string of the molecule is CC(C)CCNC(=O)[C@@H]1CSCN1C(=O)/C=C/c1ccccc1[N+](=O)[O-]. The average Bonchev–Trinajstić information content (AvgIpc) is 3.09. The van der Waals surface area contributed by atoms with E-state index in [1.54, 1.807) is 18.2 Å². The standard InChI is InChI=1S/C18H23N3O4S/c1-13(2)9-10-19-18(23)16-11-26-12-20(16)17(22)8-7-14-5-3-4-6-15(14)21(24)25/h3-8,13,16H,9-12H2,1-2H3,(H,19,23)/b8-7+/t16-/m0/s1. The molecule has 1 saturated heterocycles. The van der Waals surface area contributed by atoms with Crippen molar-refractivity contribution in [3.05, 3.63) is 46.0 Å². The predicted octanol–water partition coefficient (Wildman–Crippen LogP) is 2.67. The number of amides is 2. The van der Waals surface area contributed by atoms with Gasteiger partial charge in [0.25, 0.3) is 5.69 Å². The summed E-state index contributed by atoms with van der Waals surface area (Å²) in [4.78, 5) is 36.8. The van der Waals surface area contributed by atoms with Crippen molar-refractivity contribution < 1.29 is 14.5 Å². The molecule has 0 bridgehead atoms. The zero-order valence-corrected chi connectivity index (χ0v) is 15.7. The second-order valence-corrected chi connectivity index (χ2v) is 7.45. The molecule has 1 aromatic carbocycles. The molecule has 8 heteroatoms. The highest BCUT2D eigenvalue weighted by molar-refractivity contribution is 7.99. The maximum absolute atomic E-state index is 12.5. The van der Waals surface area contributed by atoms with E-state index in [-0.39, 0.29) is 17.5 Å². The number of para-hydroxylation sites is 1. The zero-order valence-electron chi connectivity index (χ0n) is 14.9. The lowest BCUT2D eigenvalue weighted by atomic mass is 10.1. The zero-order chi connectivity index (χ0) is 19.1. The van der Waals surface area contributed by atoms with Gasteiger partial charge in [-0.2, -0.15) is 0 Å².